The maximum absolute atomic E-state index is 12.4. The molecule has 3 heterocycles. The molecule has 2 unspecified atom stereocenters. The molecule has 0 N–H and O–H groups in total. The second-order valence-corrected chi connectivity index (χ2v) is 8.84. The Labute approximate surface area is 167 Å². The number of morpholine rings is 1. The summed E-state index contributed by atoms with van der Waals surface area (Å²) in [5.41, 5.74) is 3.61. The van der Waals surface area contributed by atoms with Crippen molar-refractivity contribution in [2.45, 2.75) is 18.8 Å². The molecular weight excluding hydrogens is 380 g/mol. The van der Waals surface area contributed by atoms with Gasteiger partial charge in [-0.3, -0.25) is 9.79 Å². The third kappa shape index (κ3) is 3.12. The summed E-state index contributed by atoms with van der Waals surface area (Å²) in [7, 11) is 0. The van der Waals surface area contributed by atoms with Crippen LogP contribution in [0.4, 0.5) is 5.00 Å². The van der Waals surface area contributed by atoms with E-state index >= 15 is 0 Å². The smallest absolute Gasteiger partial charge is 0.163 e. The van der Waals surface area contributed by atoms with E-state index in [-0.39, 0.29) is 17.6 Å². The van der Waals surface area contributed by atoms with Crippen LogP contribution < -0.4 is 4.90 Å². The highest BCUT2D eigenvalue weighted by Gasteiger charge is 2.38. The number of ketones is 1. The number of aliphatic imine (C=N–C) groups is 1. The number of nitrogens with zero attached hydrogens (tertiary/aromatic N) is 2. The van der Waals surface area contributed by atoms with E-state index in [1.807, 2.05) is 12.1 Å². The molecule has 5 rings (SSSR count). The number of carbonyl (C=O) groups excluding carboxylic acids is 1. The van der Waals surface area contributed by atoms with Gasteiger partial charge >= 0.3 is 0 Å². The number of carbonyl (C=O) groups is 1. The van der Waals surface area contributed by atoms with Crippen LogP contribution in [0.25, 0.3) is 0 Å². The summed E-state index contributed by atoms with van der Waals surface area (Å²) >= 11 is 7.90. The summed E-state index contributed by atoms with van der Waals surface area (Å²) in [5.74, 6) is 0.524. The molecule has 1 aromatic heterocycles. The number of thiophene rings is 1. The maximum Gasteiger partial charge on any atom is 0.163 e. The molecule has 6 heteroatoms. The average molecular weight is 401 g/mol. The number of hydrogen-bond acceptors (Lipinski definition) is 5. The summed E-state index contributed by atoms with van der Waals surface area (Å²) in [6.07, 6.45) is 1.84. The Hall–Kier alpha value is -1.69. The van der Waals surface area contributed by atoms with Crippen LogP contribution in [-0.4, -0.2) is 44.3 Å². The first-order valence-corrected chi connectivity index (χ1v) is 10.7. The predicted octanol–water partition coefficient (Wildman–Crippen LogP) is 4.15. The normalized spacial score (nSPS) is 25.0. The van der Waals surface area contributed by atoms with Crippen molar-refractivity contribution in [2.24, 2.45) is 10.9 Å². The standard InChI is InChI=1S/C21H21ClN2O2S/c22-14-3-1-13(2-4-14)15-5-6-16-18(25)12-23-20(16)21-17(15)11-19(27-21)24-7-9-26-10-8-24/h1-4,11,15-16H,5-10,12H2. The largest absolute Gasteiger partial charge is 0.378 e. The van der Waals surface area contributed by atoms with E-state index < -0.39 is 0 Å². The van der Waals surface area contributed by atoms with Crippen LogP contribution in [-0.2, 0) is 9.53 Å². The summed E-state index contributed by atoms with van der Waals surface area (Å²) in [4.78, 5) is 20.7. The first kappa shape index (κ1) is 17.4. The number of rotatable bonds is 2. The molecule has 1 aromatic carbocycles. The van der Waals surface area contributed by atoms with Crippen molar-refractivity contribution in [3.8, 4) is 0 Å². The van der Waals surface area contributed by atoms with Gasteiger partial charge in [0.25, 0.3) is 0 Å². The van der Waals surface area contributed by atoms with Crippen molar-refractivity contribution in [2.75, 3.05) is 37.7 Å². The third-order valence-corrected chi connectivity index (χ3v) is 7.31. The SMILES string of the molecule is O=C1CN=C2c3sc(N4CCOCC4)cc3C(c3ccc(Cl)cc3)CCC12. The molecule has 0 radical (unpaired) electrons. The molecule has 1 fully saturated rings. The van der Waals surface area contributed by atoms with Crippen LogP contribution in [0.2, 0.25) is 5.02 Å². The predicted molar refractivity (Wildman–Crippen MR) is 110 cm³/mol. The zero-order valence-electron chi connectivity index (χ0n) is 15.0. The number of benzene rings is 1. The molecule has 2 aromatic rings. The zero-order chi connectivity index (χ0) is 18.4. The van der Waals surface area contributed by atoms with Gasteiger partial charge in [-0.2, -0.15) is 0 Å². The number of Topliss-reactive ketones (excluding diaryl/α,β-unsaturated/α-hetero) is 1. The Morgan fingerprint density at radius 1 is 1.11 bits per heavy atom. The minimum absolute atomic E-state index is 0.0303. The molecule has 1 saturated heterocycles. The molecule has 3 aliphatic rings. The van der Waals surface area contributed by atoms with Gasteiger partial charge in [0.05, 0.1) is 41.3 Å². The molecule has 0 saturated carbocycles. The highest BCUT2D eigenvalue weighted by Crippen LogP contribution is 2.45. The first-order valence-electron chi connectivity index (χ1n) is 9.50. The van der Waals surface area contributed by atoms with Gasteiger partial charge in [-0.05, 0) is 42.2 Å². The quantitative estimate of drug-likeness (QED) is 0.760. The summed E-state index contributed by atoms with van der Waals surface area (Å²) < 4.78 is 5.51. The summed E-state index contributed by atoms with van der Waals surface area (Å²) in [6.45, 7) is 3.71. The number of ether oxygens (including phenoxy) is 1. The Morgan fingerprint density at radius 3 is 2.63 bits per heavy atom. The molecule has 0 bridgehead atoms. The first-order chi connectivity index (χ1) is 13.2. The minimum atomic E-state index is -0.0303. The van der Waals surface area contributed by atoms with Crippen LogP contribution >= 0.6 is 22.9 Å². The molecule has 2 aliphatic heterocycles. The van der Waals surface area contributed by atoms with Gasteiger partial charge in [0, 0.05) is 24.0 Å². The van der Waals surface area contributed by atoms with Crippen LogP contribution in [0, 0.1) is 5.92 Å². The maximum atomic E-state index is 12.4. The lowest BCUT2D eigenvalue weighted by Gasteiger charge is -2.27. The van der Waals surface area contributed by atoms with Gasteiger partial charge in [-0.15, -0.1) is 11.3 Å². The Bertz CT molecular complexity index is 899. The van der Waals surface area contributed by atoms with Gasteiger partial charge < -0.3 is 9.64 Å². The second kappa shape index (κ2) is 7.04. The van der Waals surface area contributed by atoms with Gasteiger partial charge in [0.2, 0.25) is 0 Å². The molecule has 140 valence electrons. The fourth-order valence-electron chi connectivity index (χ4n) is 4.38. The fraction of sp³-hybridized carbons (Fsp3) is 0.429. The van der Waals surface area contributed by atoms with E-state index in [9.17, 15) is 4.79 Å². The third-order valence-electron chi connectivity index (χ3n) is 5.82. The van der Waals surface area contributed by atoms with Crippen LogP contribution in [0.15, 0.2) is 35.3 Å². The van der Waals surface area contributed by atoms with Crippen molar-refractivity contribution < 1.29 is 9.53 Å². The van der Waals surface area contributed by atoms with Crippen LogP contribution in [0.5, 0.6) is 0 Å². The number of anilines is 1. The molecule has 1 aliphatic carbocycles. The van der Waals surface area contributed by atoms with Crippen molar-refractivity contribution in [3.05, 3.63) is 51.4 Å². The van der Waals surface area contributed by atoms with Crippen LogP contribution in [0.3, 0.4) is 0 Å². The topological polar surface area (TPSA) is 41.9 Å². The van der Waals surface area contributed by atoms with Crippen molar-refractivity contribution in [1.82, 2.24) is 0 Å². The Balaban J connectivity index is 1.60. The minimum Gasteiger partial charge on any atom is -0.378 e. The molecule has 0 amide bonds. The van der Waals surface area contributed by atoms with Gasteiger partial charge in [-0.1, -0.05) is 23.7 Å². The monoisotopic (exact) mass is 400 g/mol. The zero-order valence-corrected chi connectivity index (χ0v) is 16.6. The van der Waals surface area contributed by atoms with E-state index in [2.05, 4.69) is 28.1 Å². The Kier molecular flexibility index (Phi) is 4.54. The van der Waals surface area contributed by atoms with Gasteiger partial charge in [0.15, 0.2) is 5.78 Å². The fourth-order valence-corrected chi connectivity index (χ4v) is 5.85. The number of hydrogen-bond donors (Lipinski definition) is 0. The van der Waals surface area contributed by atoms with E-state index in [0.717, 1.165) is 49.9 Å². The van der Waals surface area contributed by atoms with Crippen LogP contribution in [0.1, 0.15) is 34.8 Å². The molecule has 0 spiro atoms. The lowest BCUT2D eigenvalue weighted by molar-refractivity contribution is -0.119. The molecular formula is C21H21ClN2O2S. The van der Waals surface area contributed by atoms with E-state index in [1.54, 1.807) is 11.3 Å². The average Bonchev–Trinajstić information content (AvgIpc) is 3.25. The molecule has 27 heavy (non-hydrogen) atoms. The van der Waals surface area contributed by atoms with E-state index in [4.69, 9.17) is 16.3 Å². The van der Waals surface area contributed by atoms with E-state index in [0.29, 0.717) is 6.54 Å². The summed E-state index contributed by atoms with van der Waals surface area (Å²) in [5, 5.41) is 2.02. The lowest BCUT2D eigenvalue weighted by Crippen LogP contribution is -2.35. The lowest BCUT2D eigenvalue weighted by atomic mass is 9.88. The number of fused-ring (bicyclic) bond motifs is 3. The number of halogens is 1. The second-order valence-electron chi connectivity index (χ2n) is 7.37. The molecule has 4 nitrogen and oxygen atoms in total. The van der Waals surface area contributed by atoms with E-state index in [1.165, 1.54) is 21.0 Å². The van der Waals surface area contributed by atoms with Gasteiger partial charge in [-0.25, -0.2) is 0 Å². The summed E-state index contributed by atoms with van der Waals surface area (Å²) in [6, 6.07) is 10.5. The van der Waals surface area contributed by atoms with Crippen molar-refractivity contribution in [3.63, 3.8) is 0 Å². The van der Waals surface area contributed by atoms with Gasteiger partial charge in [0.1, 0.15) is 0 Å². The molecule has 2 atom stereocenters. The van der Waals surface area contributed by atoms with Crippen molar-refractivity contribution >= 4 is 39.4 Å². The highest BCUT2D eigenvalue weighted by molar-refractivity contribution is 7.18. The highest BCUT2D eigenvalue weighted by atomic mass is 35.5. The van der Waals surface area contributed by atoms with Crippen molar-refractivity contribution in [1.29, 1.82) is 0 Å². The Morgan fingerprint density at radius 2 is 1.85 bits per heavy atom.